The molecule has 0 saturated carbocycles. The summed E-state index contributed by atoms with van der Waals surface area (Å²) in [5, 5.41) is 0. The molecule has 4 rings (SSSR count). The summed E-state index contributed by atoms with van der Waals surface area (Å²) >= 11 is 0. The van der Waals surface area contributed by atoms with Crippen molar-refractivity contribution in [3.8, 4) is 0 Å². The van der Waals surface area contributed by atoms with Gasteiger partial charge in [-0.15, -0.1) is 0 Å². The van der Waals surface area contributed by atoms with Crippen molar-refractivity contribution in [2.24, 2.45) is 5.73 Å². The molecule has 32 heavy (non-hydrogen) atoms. The fourth-order valence-corrected chi connectivity index (χ4v) is 4.69. The van der Waals surface area contributed by atoms with Crippen molar-refractivity contribution >= 4 is 17.8 Å². The van der Waals surface area contributed by atoms with Crippen LogP contribution in [-0.2, 0) is 22.6 Å². The van der Waals surface area contributed by atoms with Gasteiger partial charge in [0.1, 0.15) is 17.9 Å². The number of hydrogen-bond donors (Lipinski definition) is 1. The summed E-state index contributed by atoms with van der Waals surface area (Å²) in [6, 6.07) is 15.7. The number of benzene rings is 2. The molecule has 2 N–H and O–H groups in total. The molecule has 0 aliphatic carbocycles. The molecule has 2 heterocycles. The third-order valence-electron chi connectivity index (χ3n) is 6.41. The Hall–Kier alpha value is -3.26. The first-order valence-electron chi connectivity index (χ1n) is 10.8. The lowest BCUT2D eigenvalue weighted by molar-refractivity contribution is -0.137. The van der Waals surface area contributed by atoms with E-state index in [1.165, 1.54) is 12.1 Å². The number of nitrogens with zero attached hydrogens (tertiary/aromatic N) is 3. The van der Waals surface area contributed by atoms with E-state index in [0.717, 1.165) is 16.0 Å². The van der Waals surface area contributed by atoms with Crippen LogP contribution in [-0.4, -0.2) is 64.3 Å². The lowest BCUT2D eigenvalue weighted by atomic mass is 9.85. The quantitative estimate of drug-likeness (QED) is 0.671. The van der Waals surface area contributed by atoms with Crippen molar-refractivity contribution in [3.05, 3.63) is 71.5 Å². The predicted molar refractivity (Wildman–Crippen MR) is 117 cm³/mol. The summed E-state index contributed by atoms with van der Waals surface area (Å²) in [4.78, 5) is 42.8. The Morgan fingerprint density at radius 1 is 0.969 bits per heavy atom. The predicted octanol–water partition coefficient (Wildman–Crippen LogP) is 2.15. The van der Waals surface area contributed by atoms with E-state index < -0.39 is 24.0 Å². The third kappa shape index (κ3) is 4.36. The van der Waals surface area contributed by atoms with E-state index >= 15 is 0 Å². The minimum atomic E-state index is -0.958. The lowest BCUT2D eigenvalue weighted by Gasteiger charge is -2.42. The Balaban J connectivity index is 1.50. The van der Waals surface area contributed by atoms with Gasteiger partial charge in [-0.05, 0) is 42.5 Å². The summed E-state index contributed by atoms with van der Waals surface area (Å²) in [6.07, 6.45) is 1.57. The van der Waals surface area contributed by atoms with Gasteiger partial charge in [0, 0.05) is 26.2 Å². The number of urea groups is 1. The van der Waals surface area contributed by atoms with E-state index in [1.54, 1.807) is 17.0 Å². The number of primary amides is 1. The molecule has 2 aliphatic rings. The zero-order valence-electron chi connectivity index (χ0n) is 17.9. The van der Waals surface area contributed by atoms with E-state index in [-0.39, 0.29) is 11.7 Å². The molecular formula is C24H27FN4O3. The van der Waals surface area contributed by atoms with Crippen LogP contribution in [0.25, 0.3) is 0 Å². The van der Waals surface area contributed by atoms with Crippen molar-refractivity contribution in [1.29, 1.82) is 0 Å². The standard InChI is InChI=1S/C24H27FN4O3/c25-20-8-6-19(7-9-20)16-27-14-11-24(12-15-27)22(31)28(17-21(26)30)23(32)29(24)13-10-18-4-2-1-3-5-18/h1-9H,10-17H2,(H2,26,30). The van der Waals surface area contributed by atoms with Gasteiger partial charge in [-0.2, -0.15) is 0 Å². The molecule has 2 saturated heterocycles. The van der Waals surface area contributed by atoms with Crippen LogP contribution >= 0.6 is 0 Å². The lowest BCUT2D eigenvalue weighted by Crippen LogP contribution is -2.56. The number of amides is 4. The van der Waals surface area contributed by atoms with E-state index in [0.29, 0.717) is 45.4 Å². The number of carbonyl (C=O) groups excluding carboxylic acids is 3. The highest BCUT2D eigenvalue weighted by molar-refractivity contribution is 6.09. The number of carbonyl (C=O) groups is 3. The Bertz CT molecular complexity index is 988. The van der Waals surface area contributed by atoms with Crippen molar-refractivity contribution in [3.63, 3.8) is 0 Å². The molecule has 0 bridgehead atoms. The fourth-order valence-electron chi connectivity index (χ4n) is 4.69. The smallest absolute Gasteiger partial charge is 0.328 e. The van der Waals surface area contributed by atoms with E-state index in [1.807, 2.05) is 30.3 Å². The van der Waals surface area contributed by atoms with E-state index in [4.69, 9.17) is 5.73 Å². The molecular weight excluding hydrogens is 411 g/mol. The van der Waals surface area contributed by atoms with Gasteiger partial charge in [0.25, 0.3) is 5.91 Å². The first-order valence-corrected chi connectivity index (χ1v) is 10.8. The average Bonchev–Trinajstić information content (AvgIpc) is 2.97. The second kappa shape index (κ2) is 9.08. The Labute approximate surface area is 186 Å². The van der Waals surface area contributed by atoms with Gasteiger partial charge in [-0.25, -0.2) is 9.18 Å². The summed E-state index contributed by atoms with van der Waals surface area (Å²) in [5.74, 6) is -1.32. The summed E-state index contributed by atoms with van der Waals surface area (Å²) in [7, 11) is 0. The minimum absolute atomic E-state index is 0.273. The maximum Gasteiger partial charge on any atom is 0.328 e. The highest BCUT2D eigenvalue weighted by Gasteiger charge is 2.57. The van der Waals surface area contributed by atoms with E-state index in [2.05, 4.69) is 4.90 Å². The van der Waals surface area contributed by atoms with Crippen LogP contribution in [0, 0.1) is 5.82 Å². The number of nitrogens with two attached hydrogens (primary N) is 1. The van der Waals surface area contributed by atoms with Crippen LogP contribution in [0.4, 0.5) is 9.18 Å². The summed E-state index contributed by atoms with van der Waals surface area (Å²) in [5.41, 5.74) is 6.41. The number of likely N-dealkylation sites (tertiary alicyclic amines) is 1. The zero-order valence-corrected chi connectivity index (χ0v) is 17.9. The highest BCUT2D eigenvalue weighted by Crippen LogP contribution is 2.37. The summed E-state index contributed by atoms with van der Waals surface area (Å²) in [6.45, 7) is 1.86. The van der Waals surface area contributed by atoms with Crippen molar-refractivity contribution in [2.75, 3.05) is 26.2 Å². The number of piperidine rings is 1. The highest BCUT2D eigenvalue weighted by atomic mass is 19.1. The van der Waals surface area contributed by atoms with Gasteiger partial charge in [-0.3, -0.25) is 19.4 Å². The van der Waals surface area contributed by atoms with Crippen molar-refractivity contribution < 1.29 is 18.8 Å². The van der Waals surface area contributed by atoms with Gasteiger partial charge in [-0.1, -0.05) is 42.5 Å². The number of rotatable bonds is 7. The van der Waals surface area contributed by atoms with Crippen LogP contribution in [0.1, 0.15) is 24.0 Å². The fraction of sp³-hybridized carbons (Fsp3) is 0.375. The maximum absolute atomic E-state index is 13.3. The first-order chi connectivity index (χ1) is 15.4. The molecule has 2 aliphatic heterocycles. The van der Waals surface area contributed by atoms with E-state index in [9.17, 15) is 18.8 Å². The van der Waals surface area contributed by atoms with Gasteiger partial charge < -0.3 is 10.6 Å². The van der Waals surface area contributed by atoms with Crippen molar-refractivity contribution in [1.82, 2.24) is 14.7 Å². The van der Waals surface area contributed by atoms with Gasteiger partial charge in [0.15, 0.2) is 0 Å². The van der Waals surface area contributed by atoms with Crippen LogP contribution in [0.3, 0.4) is 0 Å². The molecule has 8 heteroatoms. The molecule has 0 unspecified atom stereocenters. The second-order valence-electron chi connectivity index (χ2n) is 8.46. The molecule has 0 aromatic heterocycles. The first kappa shape index (κ1) is 22.0. The van der Waals surface area contributed by atoms with Crippen LogP contribution in [0.2, 0.25) is 0 Å². The Morgan fingerprint density at radius 3 is 2.25 bits per heavy atom. The van der Waals surface area contributed by atoms with Crippen molar-refractivity contribution in [2.45, 2.75) is 31.3 Å². The molecule has 4 amide bonds. The van der Waals surface area contributed by atoms with Crippen LogP contribution < -0.4 is 5.73 Å². The number of imide groups is 1. The third-order valence-corrected chi connectivity index (χ3v) is 6.41. The summed E-state index contributed by atoms with van der Waals surface area (Å²) < 4.78 is 13.2. The molecule has 1 spiro atoms. The maximum atomic E-state index is 13.3. The molecule has 0 radical (unpaired) electrons. The Morgan fingerprint density at radius 2 is 1.62 bits per heavy atom. The molecule has 2 aromatic rings. The van der Waals surface area contributed by atoms with Gasteiger partial charge in [0.2, 0.25) is 5.91 Å². The van der Waals surface area contributed by atoms with Crippen LogP contribution in [0.15, 0.2) is 54.6 Å². The second-order valence-corrected chi connectivity index (χ2v) is 8.46. The zero-order chi connectivity index (χ0) is 22.7. The molecule has 0 atom stereocenters. The topological polar surface area (TPSA) is 86.9 Å². The molecule has 2 fully saturated rings. The Kier molecular flexibility index (Phi) is 6.23. The van der Waals surface area contributed by atoms with Gasteiger partial charge >= 0.3 is 6.03 Å². The number of halogens is 1. The SMILES string of the molecule is NC(=O)CN1C(=O)N(CCc2ccccc2)C2(CCN(Cc3ccc(F)cc3)CC2)C1=O. The van der Waals surface area contributed by atoms with Gasteiger partial charge in [0.05, 0.1) is 0 Å². The number of hydrogen-bond acceptors (Lipinski definition) is 4. The molecule has 7 nitrogen and oxygen atoms in total. The largest absolute Gasteiger partial charge is 0.368 e. The normalized spacial score (nSPS) is 18.5. The average molecular weight is 439 g/mol. The molecule has 2 aromatic carbocycles. The monoisotopic (exact) mass is 438 g/mol. The van der Waals surface area contributed by atoms with Crippen LogP contribution in [0.5, 0.6) is 0 Å². The molecule has 168 valence electrons. The minimum Gasteiger partial charge on any atom is -0.368 e.